The monoisotopic (exact) mass is 271 g/mol. The predicted molar refractivity (Wildman–Crippen MR) is 69.3 cm³/mol. The molecule has 2 N–H and O–H groups in total. The van der Waals surface area contributed by atoms with Crippen molar-refractivity contribution >= 4 is 29.2 Å². The highest BCUT2D eigenvalue weighted by Crippen LogP contribution is 2.22. The lowest BCUT2D eigenvalue weighted by atomic mass is 10.2. The second-order valence-electron chi connectivity index (χ2n) is 3.43. The number of anilines is 1. The predicted octanol–water partition coefficient (Wildman–Crippen LogP) is 1.85. The highest BCUT2D eigenvalue weighted by atomic mass is 32.2. The van der Waals surface area contributed by atoms with E-state index in [0.717, 1.165) is 24.4 Å². The molecule has 0 bridgehead atoms. The van der Waals surface area contributed by atoms with Gasteiger partial charge in [0, 0.05) is 18.8 Å². The summed E-state index contributed by atoms with van der Waals surface area (Å²) in [5, 5.41) is 22.4. The van der Waals surface area contributed by atoms with Crippen LogP contribution in [-0.4, -0.2) is 39.5 Å². The highest BCUT2D eigenvalue weighted by molar-refractivity contribution is 7.98. The van der Waals surface area contributed by atoms with Gasteiger partial charge in [-0.05, 0) is 18.4 Å². The van der Waals surface area contributed by atoms with E-state index in [2.05, 4.69) is 10.3 Å². The van der Waals surface area contributed by atoms with E-state index in [1.807, 2.05) is 6.26 Å². The fraction of sp³-hybridized carbons (Fsp3) is 0.400. The number of pyridine rings is 1. The summed E-state index contributed by atoms with van der Waals surface area (Å²) in [6, 6.07) is 1.01. The highest BCUT2D eigenvalue weighted by Gasteiger charge is 2.18. The number of thioether (sulfide) groups is 1. The van der Waals surface area contributed by atoms with Crippen LogP contribution >= 0.6 is 11.8 Å². The van der Waals surface area contributed by atoms with Crippen LogP contribution in [0.5, 0.6) is 0 Å². The summed E-state index contributed by atoms with van der Waals surface area (Å²) in [5.41, 5.74) is -0.518. The summed E-state index contributed by atoms with van der Waals surface area (Å²) in [4.78, 5) is 24.7. The third kappa shape index (κ3) is 3.88. The van der Waals surface area contributed by atoms with Crippen molar-refractivity contribution in [3.63, 3.8) is 0 Å². The second-order valence-corrected chi connectivity index (χ2v) is 4.41. The van der Waals surface area contributed by atoms with Gasteiger partial charge in [-0.3, -0.25) is 10.1 Å². The van der Waals surface area contributed by atoms with Gasteiger partial charge >= 0.3 is 11.7 Å². The van der Waals surface area contributed by atoms with Gasteiger partial charge in [0.15, 0.2) is 0 Å². The van der Waals surface area contributed by atoms with E-state index < -0.39 is 10.9 Å². The van der Waals surface area contributed by atoms with Crippen LogP contribution in [0.15, 0.2) is 12.3 Å². The van der Waals surface area contributed by atoms with Crippen molar-refractivity contribution in [1.82, 2.24) is 4.98 Å². The van der Waals surface area contributed by atoms with Crippen LogP contribution < -0.4 is 5.32 Å². The third-order valence-electron chi connectivity index (χ3n) is 2.13. The zero-order chi connectivity index (χ0) is 13.5. The van der Waals surface area contributed by atoms with Crippen LogP contribution in [-0.2, 0) is 0 Å². The Morgan fingerprint density at radius 1 is 1.67 bits per heavy atom. The lowest BCUT2D eigenvalue weighted by Crippen LogP contribution is -2.08. The molecular formula is C10H13N3O4S. The Morgan fingerprint density at radius 2 is 2.39 bits per heavy atom. The first-order chi connectivity index (χ1) is 8.56. The number of hydrogen-bond acceptors (Lipinski definition) is 6. The van der Waals surface area contributed by atoms with Crippen molar-refractivity contribution < 1.29 is 14.8 Å². The van der Waals surface area contributed by atoms with Crippen LogP contribution in [0.2, 0.25) is 0 Å². The molecule has 0 radical (unpaired) electrons. The van der Waals surface area contributed by atoms with Crippen molar-refractivity contribution in [3.8, 4) is 0 Å². The van der Waals surface area contributed by atoms with Crippen LogP contribution in [0.3, 0.4) is 0 Å². The van der Waals surface area contributed by atoms with E-state index in [1.165, 1.54) is 0 Å². The van der Waals surface area contributed by atoms with Crippen molar-refractivity contribution in [2.75, 3.05) is 23.9 Å². The molecule has 8 heteroatoms. The van der Waals surface area contributed by atoms with Crippen molar-refractivity contribution in [2.45, 2.75) is 6.42 Å². The first-order valence-corrected chi connectivity index (χ1v) is 6.56. The number of nitrogens with one attached hydrogen (secondary N) is 1. The number of carbonyl (C=O) groups is 1. The Morgan fingerprint density at radius 3 is 2.94 bits per heavy atom. The Kier molecular flexibility index (Phi) is 5.37. The largest absolute Gasteiger partial charge is 0.478 e. The third-order valence-corrected chi connectivity index (χ3v) is 2.83. The molecule has 0 saturated carbocycles. The Hall–Kier alpha value is -1.83. The lowest BCUT2D eigenvalue weighted by molar-refractivity contribution is -0.384. The van der Waals surface area contributed by atoms with Crippen LogP contribution in [0.4, 0.5) is 11.5 Å². The molecule has 0 aromatic carbocycles. The first kappa shape index (κ1) is 14.2. The molecule has 0 amide bonds. The standard InChI is InChI=1S/C10H13N3O4S/c1-18-4-2-3-11-9-8(13(16)17)5-7(6-12-9)10(14)15/h5-6H,2-4H2,1H3,(H,11,12)(H,14,15). The molecule has 0 spiro atoms. The smallest absolute Gasteiger partial charge is 0.337 e. The molecule has 1 heterocycles. The first-order valence-electron chi connectivity index (χ1n) is 5.16. The van der Waals surface area contributed by atoms with Gasteiger partial charge in [-0.15, -0.1) is 0 Å². The minimum absolute atomic E-state index is 0.103. The number of rotatable bonds is 7. The summed E-state index contributed by atoms with van der Waals surface area (Å²) in [6.45, 7) is 0.557. The van der Waals surface area contributed by atoms with E-state index in [1.54, 1.807) is 11.8 Å². The van der Waals surface area contributed by atoms with Gasteiger partial charge in [0.05, 0.1) is 10.5 Å². The molecule has 98 valence electrons. The lowest BCUT2D eigenvalue weighted by Gasteiger charge is -2.06. The summed E-state index contributed by atoms with van der Waals surface area (Å²) >= 11 is 1.68. The fourth-order valence-electron chi connectivity index (χ4n) is 1.27. The Balaban J connectivity index is 2.83. The van der Waals surface area contributed by atoms with Gasteiger partial charge in [-0.25, -0.2) is 9.78 Å². The fourth-order valence-corrected chi connectivity index (χ4v) is 1.70. The molecule has 0 aliphatic heterocycles. The zero-order valence-corrected chi connectivity index (χ0v) is 10.6. The van der Waals surface area contributed by atoms with Gasteiger partial charge < -0.3 is 10.4 Å². The normalized spacial score (nSPS) is 10.1. The SMILES string of the molecule is CSCCCNc1ncc(C(=O)O)cc1[N+](=O)[O-]. The van der Waals surface area contributed by atoms with Crippen molar-refractivity contribution in [2.24, 2.45) is 0 Å². The molecule has 0 unspecified atom stereocenters. The topological polar surface area (TPSA) is 105 Å². The summed E-state index contributed by atoms with van der Waals surface area (Å²) in [6.07, 6.45) is 3.93. The van der Waals surface area contributed by atoms with E-state index in [4.69, 9.17) is 5.11 Å². The van der Waals surface area contributed by atoms with Gasteiger partial charge in [0.2, 0.25) is 5.82 Å². The number of aromatic carboxylic acids is 1. The number of nitrogens with zero attached hydrogens (tertiary/aromatic N) is 2. The van der Waals surface area contributed by atoms with E-state index in [-0.39, 0.29) is 17.1 Å². The van der Waals surface area contributed by atoms with Gasteiger partial charge in [0.1, 0.15) is 0 Å². The maximum atomic E-state index is 10.8. The van der Waals surface area contributed by atoms with E-state index >= 15 is 0 Å². The molecule has 0 aliphatic carbocycles. The van der Waals surface area contributed by atoms with Gasteiger partial charge in [-0.1, -0.05) is 0 Å². The molecule has 0 atom stereocenters. The maximum absolute atomic E-state index is 10.8. The number of aromatic nitrogens is 1. The molecule has 7 nitrogen and oxygen atoms in total. The van der Waals surface area contributed by atoms with Crippen molar-refractivity contribution in [3.05, 3.63) is 27.9 Å². The van der Waals surface area contributed by atoms with Crippen LogP contribution in [0.25, 0.3) is 0 Å². The van der Waals surface area contributed by atoms with Crippen molar-refractivity contribution in [1.29, 1.82) is 0 Å². The van der Waals surface area contributed by atoms with E-state index in [0.29, 0.717) is 6.54 Å². The number of nitro groups is 1. The minimum atomic E-state index is -1.24. The maximum Gasteiger partial charge on any atom is 0.337 e. The Labute approximate surface area is 108 Å². The summed E-state index contributed by atoms with van der Waals surface area (Å²) in [7, 11) is 0. The van der Waals surface area contributed by atoms with Gasteiger partial charge in [-0.2, -0.15) is 11.8 Å². The number of hydrogen-bond donors (Lipinski definition) is 2. The zero-order valence-electron chi connectivity index (χ0n) is 9.75. The molecule has 18 heavy (non-hydrogen) atoms. The average Bonchev–Trinajstić information content (AvgIpc) is 2.34. The molecule has 0 saturated heterocycles. The minimum Gasteiger partial charge on any atom is -0.478 e. The number of carboxylic acid groups (broad SMARTS) is 1. The Bertz CT molecular complexity index is 453. The van der Waals surface area contributed by atoms with E-state index in [9.17, 15) is 14.9 Å². The molecular weight excluding hydrogens is 258 g/mol. The molecule has 0 aliphatic rings. The molecule has 0 fully saturated rings. The quantitative estimate of drug-likeness (QED) is 0.443. The second kappa shape index (κ2) is 6.80. The number of carboxylic acids is 1. The molecule has 1 aromatic heterocycles. The average molecular weight is 271 g/mol. The van der Waals surface area contributed by atoms with Crippen LogP contribution in [0, 0.1) is 10.1 Å². The van der Waals surface area contributed by atoms with Crippen LogP contribution in [0.1, 0.15) is 16.8 Å². The molecule has 1 rings (SSSR count). The van der Waals surface area contributed by atoms with Gasteiger partial charge in [0.25, 0.3) is 0 Å². The summed E-state index contributed by atoms with van der Waals surface area (Å²) in [5.74, 6) is -0.195. The summed E-state index contributed by atoms with van der Waals surface area (Å²) < 4.78 is 0. The molecule has 1 aromatic rings.